The van der Waals surface area contributed by atoms with Crippen LogP contribution in [-0.2, 0) is 14.3 Å². The van der Waals surface area contributed by atoms with Crippen LogP contribution < -0.4 is 0 Å². The Morgan fingerprint density at radius 1 is 1.47 bits per heavy atom. The maximum Gasteiger partial charge on any atom is 0.312 e. The number of fused-ring (bicyclic) bond motifs is 3. The Balaban J connectivity index is 1.68. The molecular weight excluding hydrogens is 232 g/mol. The van der Waals surface area contributed by atoms with Crippen LogP contribution in [0.5, 0.6) is 0 Å². The van der Waals surface area contributed by atoms with Gasteiger partial charge in [-0.3, -0.25) is 4.79 Å². The van der Waals surface area contributed by atoms with Crippen molar-refractivity contribution in [3.63, 3.8) is 0 Å². The van der Waals surface area contributed by atoms with Gasteiger partial charge in [-0.05, 0) is 38.0 Å². The van der Waals surface area contributed by atoms with E-state index in [0.717, 1.165) is 38.3 Å². The molecule has 4 heteroatoms. The largest absolute Gasteiger partial charge is 0.465 e. The molecule has 17 heavy (non-hydrogen) atoms. The van der Waals surface area contributed by atoms with E-state index in [4.69, 9.17) is 9.47 Å². The van der Waals surface area contributed by atoms with Crippen molar-refractivity contribution in [1.29, 1.82) is 0 Å². The average molecular weight is 251 g/mol. The minimum Gasteiger partial charge on any atom is -0.465 e. The molecule has 3 radical (unpaired) electrons. The third kappa shape index (κ3) is 1.76. The van der Waals surface area contributed by atoms with Crippen molar-refractivity contribution in [3.8, 4) is 0 Å². The van der Waals surface area contributed by atoms with Crippen LogP contribution in [0.2, 0.25) is 6.04 Å². The first kappa shape index (κ1) is 11.7. The first-order valence-corrected chi connectivity index (χ1v) is 7.40. The van der Waals surface area contributed by atoms with Gasteiger partial charge in [0, 0.05) is 22.8 Å². The van der Waals surface area contributed by atoms with E-state index in [9.17, 15) is 4.79 Å². The van der Waals surface area contributed by atoms with E-state index in [0.29, 0.717) is 24.5 Å². The molecule has 0 amide bonds. The second kappa shape index (κ2) is 4.39. The Morgan fingerprint density at radius 3 is 3.00 bits per heavy atom. The van der Waals surface area contributed by atoms with E-state index in [1.54, 1.807) is 0 Å². The van der Waals surface area contributed by atoms with Crippen LogP contribution in [0.3, 0.4) is 0 Å². The van der Waals surface area contributed by atoms with Crippen LogP contribution in [0.25, 0.3) is 0 Å². The highest BCUT2D eigenvalue weighted by atomic mass is 28.1. The number of hydrogen-bond acceptors (Lipinski definition) is 3. The second-order valence-electron chi connectivity index (χ2n) is 5.70. The van der Waals surface area contributed by atoms with E-state index in [-0.39, 0.29) is 11.4 Å². The molecule has 0 N–H and O–H groups in total. The highest BCUT2D eigenvalue weighted by molar-refractivity contribution is 6.08. The molecule has 1 saturated heterocycles. The summed E-state index contributed by atoms with van der Waals surface area (Å²) in [7, 11) is 3.46. The normalized spacial score (nSPS) is 43.6. The summed E-state index contributed by atoms with van der Waals surface area (Å²) in [4.78, 5) is 12.0. The summed E-state index contributed by atoms with van der Waals surface area (Å²) in [6.07, 6.45) is 5.65. The zero-order valence-electron chi connectivity index (χ0n) is 10.1. The van der Waals surface area contributed by atoms with Gasteiger partial charge < -0.3 is 9.47 Å². The van der Waals surface area contributed by atoms with Crippen molar-refractivity contribution in [2.45, 2.75) is 44.3 Å². The Morgan fingerprint density at radius 2 is 2.35 bits per heavy atom. The van der Waals surface area contributed by atoms with Crippen LogP contribution in [0, 0.1) is 17.3 Å². The number of rotatable bonds is 4. The van der Waals surface area contributed by atoms with E-state index in [1.807, 2.05) is 0 Å². The number of carbonyl (C=O) groups is 1. The van der Waals surface area contributed by atoms with Gasteiger partial charge in [0.05, 0.1) is 18.1 Å². The molecule has 0 aromatic rings. The monoisotopic (exact) mass is 251 g/mol. The lowest BCUT2D eigenvalue weighted by Gasteiger charge is -2.35. The predicted octanol–water partition coefficient (Wildman–Crippen LogP) is 1.71. The molecule has 0 aromatic carbocycles. The molecule has 4 unspecified atom stereocenters. The fourth-order valence-electron chi connectivity index (χ4n) is 4.10. The summed E-state index contributed by atoms with van der Waals surface area (Å²) in [6, 6.07) is 0.980. The van der Waals surface area contributed by atoms with Gasteiger partial charge in [0.2, 0.25) is 0 Å². The molecule has 3 aliphatic rings. The minimum absolute atomic E-state index is 0.0541. The quantitative estimate of drug-likeness (QED) is 0.433. The maximum absolute atomic E-state index is 12.0. The molecule has 3 rings (SSSR count). The number of hydrogen-bond donors (Lipinski definition) is 0. The van der Waals surface area contributed by atoms with Crippen molar-refractivity contribution >= 4 is 16.2 Å². The van der Waals surface area contributed by atoms with Crippen molar-refractivity contribution in [3.05, 3.63) is 0 Å². The Kier molecular flexibility index (Phi) is 3.03. The molecule has 3 fully saturated rings. The third-order valence-corrected chi connectivity index (χ3v) is 5.16. The van der Waals surface area contributed by atoms with Crippen molar-refractivity contribution in [2.24, 2.45) is 17.3 Å². The van der Waals surface area contributed by atoms with E-state index >= 15 is 0 Å². The van der Waals surface area contributed by atoms with Gasteiger partial charge in [-0.25, -0.2) is 0 Å². The molecular formula is C13H19O3Si. The molecule has 4 atom stereocenters. The summed E-state index contributed by atoms with van der Waals surface area (Å²) in [6.45, 7) is 1.43. The Bertz CT molecular complexity index is 320. The van der Waals surface area contributed by atoms with Crippen molar-refractivity contribution < 1.29 is 14.3 Å². The lowest BCUT2D eigenvalue weighted by atomic mass is 9.71. The SMILES string of the molecule is O=C1OCCC12CC1CC(OCCC[Si])C2C1. The second-order valence-corrected chi connectivity index (χ2v) is 6.20. The van der Waals surface area contributed by atoms with Gasteiger partial charge in [0.15, 0.2) is 0 Å². The standard InChI is InChI=1S/C13H19O3Si/c14-12-13(2-4-16-12)8-9-6-10(13)11(7-9)15-3-1-5-17/h9-11H,1-8H2. The van der Waals surface area contributed by atoms with Crippen LogP contribution in [0.1, 0.15) is 32.1 Å². The smallest absolute Gasteiger partial charge is 0.312 e. The molecule has 93 valence electrons. The summed E-state index contributed by atoms with van der Waals surface area (Å²) in [5.74, 6) is 1.18. The Hall–Kier alpha value is -0.353. The number of cyclic esters (lactones) is 1. The van der Waals surface area contributed by atoms with Gasteiger partial charge in [-0.15, -0.1) is 0 Å². The van der Waals surface area contributed by atoms with Gasteiger partial charge in [0.1, 0.15) is 0 Å². The fourth-order valence-corrected chi connectivity index (χ4v) is 4.24. The van der Waals surface area contributed by atoms with Gasteiger partial charge in [0.25, 0.3) is 0 Å². The van der Waals surface area contributed by atoms with Crippen LogP contribution >= 0.6 is 0 Å². The average Bonchev–Trinajstić information content (AvgIpc) is 2.96. The lowest BCUT2D eigenvalue weighted by molar-refractivity contribution is -0.152. The zero-order chi connectivity index (χ0) is 11.9. The lowest BCUT2D eigenvalue weighted by Crippen LogP contribution is -2.40. The molecule has 3 nitrogen and oxygen atoms in total. The van der Waals surface area contributed by atoms with Gasteiger partial charge in [-0.1, -0.05) is 6.04 Å². The fraction of sp³-hybridized carbons (Fsp3) is 0.923. The summed E-state index contributed by atoms with van der Waals surface area (Å²) in [5, 5.41) is 0. The predicted molar refractivity (Wildman–Crippen MR) is 63.8 cm³/mol. The third-order valence-electron chi connectivity index (χ3n) is 4.81. The van der Waals surface area contributed by atoms with Crippen molar-refractivity contribution in [2.75, 3.05) is 13.2 Å². The highest BCUT2D eigenvalue weighted by Gasteiger charge is 2.62. The summed E-state index contributed by atoms with van der Waals surface area (Å²) in [5.41, 5.74) is -0.165. The van der Waals surface area contributed by atoms with E-state index < -0.39 is 0 Å². The first-order valence-electron chi connectivity index (χ1n) is 6.70. The summed E-state index contributed by atoms with van der Waals surface area (Å²) >= 11 is 0. The zero-order valence-corrected chi connectivity index (χ0v) is 11.1. The molecule has 0 aromatic heterocycles. The van der Waals surface area contributed by atoms with E-state index in [2.05, 4.69) is 10.2 Å². The van der Waals surface area contributed by atoms with Crippen molar-refractivity contribution in [1.82, 2.24) is 0 Å². The minimum atomic E-state index is -0.165. The maximum atomic E-state index is 12.0. The molecule has 2 saturated carbocycles. The first-order chi connectivity index (χ1) is 8.26. The number of carbonyl (C=O) groups excluding carboxylic acids is 1. The van der Waals surface area contributed by atoms with Crippen LogP contribution in [0.4, 0.5) is 0 Å². The van der Waals surface area contributed by atoms with E-state index in [1.165, 1.54) is 6.42 Å². The molecule has 2 bridgehead atoms. The molecule has 2 aliphatic carbocycles. The topological polar surface area (TPSA) is 35.5 Å². The van der Waals surface area contributed by atoms with Gasteiger partial charge in [-0.2, -0.15) is 0 Å². The van der Waals surface area contributed by atoms with Gasteiger partial charge >= 0.3 is 5.97 Å². The number of esters is 1. The number of ether oxygens (including phenoxy) is 2. The summed E-state index contributed by atoms with van der Waals surface area (Å²) < 4.78 is 11.2. The molecule has 1 spiro atoms. The van der Waals surface area contributed by atoms with Crippen LogP contribution in [-0.4, -0.2) is 35.5 Å². The Labute approximate surface area is 106 Å². The highest BCUT2D eigenvalue weighted by Crippen LogP contribution is 2.60. The molecule has 1 aliphatic heterocycles. The molecule has 1 heterocycles. The van der Waals surface area contributed by atoms with Crippen LogP contribution in [0.15, 0.2) is 0 Å².